The first-order chi connectivity index (χ1) is 25.2. The summed E-state index contributed by atoms with van der Waals surface area (Å²) < 4.78 is 16.8. The van der Waals surface area contributed by atoms with Gasteiger partial charge in [-0.2, -0.15) is 0 Å². The fourth-order valence-electron chi connectivity index (χ4n) is 13.2. The minimum absolute atomic E-state index is 0.00163. The molecular weight excluding hydrogens is 690 g/mol. The monoisotopic (exact) mass is 759 g/mol. The summed E-state index contributed by atoms with van der Waals surface area (Å²) in [7, 11) is 1.42. The molecule has 6 rings (SSSR count). The van der Waals surface area contributed by atoms with Crippen molar-refractivity contribution < 1.29 is 49.0 Å². The summed E-state index contributed by atoms with van der Waals surface area (Å²) in [5, 5.41) is 44.5. The van der Waals surface area contributed by atoms with Crippen LogP contribution in [-0.4, -0.2) is 88.7 Å². The Bertz CT molecular complexity index is 1480. The molecule has 0 radical (unpaired) electrons. The molecule has 6 aliphatic rings. The second-order valence-corrected chi connectivity index (χ2v) is 20.2. The van der Waals surface area contributed by atoms with Gasteiger partial charge in [-0.25, -0.2) is 4.79 Å². The van der Waals surface area contributed by atoms with E-state index >= 15 is 0 Å². The van der Waals surface area contributed by atoms with Crippen molar-refractivity contribution in [2.24, 2.45) is 50.2 Å². The number of nitrogens with one attached hydrogen (secondary N) is 1. The van der Waals surface area contributed by atoms with Gasteiger partial charge in [0.05, 0.1) is 18.6 Å². The standard InChI is InChI=1S/C43H69NO10/c1-38(2)19-21-43(37(51)44-23-11-9-10-12-30(45)52-8)22-20-41(6)25(26(43)24-38)13-14-28-40(5)17-16-29(39(3,4)27(40)15-18-42(28,41)7)53-36-33(48)31(46)32(47)34(54-36)35(49)50/h13,26-29,31-34,36,46-48H,9-12,14-24H2,1-8H3,(H,44,51)(H,49,50)/t26-,27-,28+,29-,31-,32-,33+,34-,36+,40-,41+,42+,43-/m0/s1. The molecule has 5 fully saturated rings. The molecule has 0 bridgehead atoms. The normalized spacial score (nSPS) is 45.0. The Balaban J connectivity index is 1.22. The lowest BCUT2D eigenvalue weighted by molar-refractivity contribution is -0.324. The lowest BCUT2D eigenvalue weighted by Crippen LogP contribution is -2.66. The van der Waals surface area contributed by atoms with Crippen LogP contribution in [0.15, 0.2) is 11.6 Å². The molecule has 13 atom stereocenters. The van der Waals surface area contributed by atoms with Crippen LogP contribution in [0.3, 0.4) is 0 Å². The number of esters is 1. The Morgan fingerprint density at radius 1 is 0.852 bits per heavy atom. The average molecular weight is 760 g/mol. The number of carbonyl (C=O) groups is 3. The second-order valence-electron chi connectivity index (χ2n) is 20.2. The van der Waals surface area contributed by atoms with Gasteiger partial charge in [0, 0.05) is 13.0 Å². The molecule has 0 unspecified atom stereocenters. The maximum absolute atomic E-state index is 14.4. The number of aliphatic hydroxyl groups excluding tert-OH is 3. The van der Waals surface area contributed by atoms with Crippen molar-refractivity contribution in [2.75, 3.05) is 13.7 Å². The summed E-state index contributed by atoms with van der Waals surface area (Å²) in [4.78, 5) is 37.7. The Morgan fingerprint density at radius 3 is 2.24 bits per heavy atom. The maximum atomic E-state index is 14.4. The minimum atomic E-state index is -1.75. The van der Waals surface area contributed by atoms with Crippen LogP contribution in [0.4, 0.5) is 0 Å². The van der Waals surface area contributed by atoms with Gasteiger partial charge in [0.15, 0.2) is 12.4 Å². The highest BCUT2D eigenvalue weighted by Gasteiger charge is 2.69. The number of carbonyl (C=O) groups excluding carboxylic acids is 2. The molecule has 11 heteroatoms. The smallest absolute Gasteiger partial charge is 0.335 e. The molecule has 1 saturated heterocycles. The van der Waals surface area contributed by atoms with Crippen molar-refractivity contribution in [3.63, 3.8) is 0 Å². The van der Waals surface area contributed by atoms with Crippen LogP contribution >= 0.6 is 0 Å². The van der Waals surface area contributed by atoms with E-state index in [-0.39, 0.29) is 51.0 Å². The molecule has 54 heavy (non-hydrogen) atoms. The van der Waals surface area contributed by atoms with E-state index in [0.29, 0.717) is 31.2 Å². The molecule has 4 saturated carbocycles. The lowest BCUT2D eigenvalue weighted by Gasteiger charge is -2.71. The lowest BCUT2D eigenvalue weighted by atomic mass is 9.33. The van der Waals surface area contributed by atoms with E-state index in [9.17, 15) is 34.8 Å². The summed E-state index contributed by atoms with van der Waals surface area (Å²) in [6.07, 6.45) is 6.53. The molecule has 5 aliphatic carbocycles. The number of aliphatic carboxylic acids is 1. The zero-order valence-electron chi connectivity index (χ0n) is 34.1. The molecule has 0 aromatic carbocycles. The first kappa shape index (κ1) is 41.6. The molecule has 306 valence electrons. The molecule has 1 amide bonds. The van der Waals surface area contributed by atoms with Gasteiger partial charge < -0.3 is 40.0 Å². The fourth-order valence-corrected chi connectivity index (χ4v) is 13.2. The number of unbranched alkanes of at least 4 members (excludes halogenated alkanes) is 2. The van der Waals surface area contributed by atoms with Gasteiger partial charge in [-0.15, -0.1) is 0 Å². The van der Waals surface area contributed by atoms with Gasteiger partial charge in [-0.05, 0) is 122 Å². The zero-order valence-corrected chi connectivity index (χ0v) is 34.1. The Kier molecular flexibility index (Phi) is 11.3. The molecule has 1 heterocycles. The average Bonchev–Trinajstić information content (AvgIpc) is 3.10. The molecule has 0 spiro atoms. The summed E-state index contributed by atoms with van der Waals surface area (Å²) in [6, 6.07) is 0. The van der Waals surface area contributed by atoms with E-state index in [0.717, 1.165) is 77.0 Å². The third kappa shape index (κ3) is 6.67. The number of rotatable bonds is 10. The van der Waals surface area contributed by atoms with Gasteiger partial charge in [-0.3, -0.25) is 9.59 Å². The van der Waals surface area contributed by atoms with E-state index < -0.39 is 42.1 Å². The predicted molar refractivity (Wildman–Crippen MR) is 202 cm³/mol. The van der Waals surface area contributed by atoms with Crippen molar-refractivity contribution in [3.05, 3.63) is 11.6 Å². The van der Waals surface area contributed by atoms with Crippen LogP contribution in [0.1, 0.15) is 138 Å². The Labute approximate surface area is 322 Å². The maximum Gasteiger partial charge on any atom is 0.335 e. The SMILES string of the molecule is COC(=O)CCCCCNC(=O)[C@]12CCC(C)(C)C[C@H]1C1=CC[C@@H]3[C@@]4(C)CC[C@H](O[C@@H]5O[C@H](C(=O)O)[C@@H](O)[C@H](O)[C@H]5O)C(C)(C)[C@@H]4CC[C@@]3(C)[C@]1(C)CC2. The third-order valence-electron chi connectivity index (χ3n) is 16.7. The topological polar surface area (TPSA) is 172 Å². The number of methoxy groups -OCH3 is 1. The largest absolute Gasteiger partial charge is 0.479 e. The Hall–Kier alpha value is -2.05. The molecular formula is C43H69NO10. The number of hydrogen-bond acceptors (Lipinski definition) is 9. The van der Waals surface area contributed by atoms with Gasteiger partial charge in [-0.1, -0.05) is 66.5 Å². The first-order valence-corrected chi connectivity index (χ1v) is 20.8. The fraction of sp³-hybridized carbons (Fsp3) is 0.884. The van der Waals surface area contributed by atoms with E-state index in [1.807, 2.05) is 0 Å². The first-order valence-electron chi connectivity index (χ1n) is 20.8. The highest BCUT2D eigenvalue weighted by atomic mass is 16.7. The second kappa shape index (κ2) is 14.7. The van der Waals surface area contributed by atoms with Gasteiger partial charge in [0.1, 0.15) is 18.3 Å². The van der Waals surface area contributed by atoms with Crippen molar-refractivity contribution >= 4 is 17.8 Å². The quantitative estimate of drug-likeness (QED) is 0.0780. The zero-order chi connectivity index (χ0) is 39.6. The third-order valence-corrected chi connectivity index (χ3v) is 16.7. The van der Waals surface area contributed by atoms with E-state index in [2.05, 4.69) is 59.9 Å². The summed E-state index contributed by atoms with van der Waals surface area (Å²) >= 11 is 0. The number of amides is 1. The number of hydrogen-bond donors (Lipinski definition) is 5. The van der Waals surface area contributed by atoms with Crippen LogP contribution < -0.4 is 5.32 Å². The predicted octanol–water partition coefficient (Wildman–Crippen LogP) is 5.92. The number of carboxylic acids is 1. The molecule has 11 nitrogen and oxygen atoms in total. The van der Waals surface area contributed by atoms with Gasteiger partial charge >= 0.3 is 11.9 Å². The summed E-state index contributed by atoms with van der Waals surface area (Å²) in [5.41, 5.74) is 0.924. The highest BCUT2D eigenvalue weighted by molar-refractivity contribution is 5.84. The van der Waals surface area contributed by atoms with Crippen molar-refractivity contribution in [2.45, 2.75) is 175 Å². The number of aliphatic hydroxyl groups is 3. The van der Waals surface area contributed by atoms with E-state index in [4.69, 9.17) is 14.2 Å². The van der Waals surface area contributed by atoms with Crippen LogP contribution in [0.2, 0.25) is 0 Å². The van der Waals surface area contributed by atoms with Crippen LogP contribution in [-0.2, 0) is 28.6 Å². The van der Waals surface area contributed by atoms with Crippen molar-refractivity contribution in [1.82, 2.24) is 5.32 Å². The van der Waals surface area contributed by atoms with Crippen LogP contribution in [0.25, 0.3) is 0 Å². The summed E-state index contributed by atoms with van der Waals surface area (Å²) in [5.74, 6) is -0.470. The Morgan fingerprint density at radius 2 is 1.56 bits per heavy atom. The van der Waals surface area contributed by atoms with Gasteiger partial charge in [0.2, 0.25) is 5.91 Å². The number of fused-ring (bicyclic) bond motifs is 7. The number of ether oxygens (including phenoxy) is 3. The molecule has 0 aromatic heterocycles. The van der Waals surface area contributed by atoms with Crippen LogP contribution in [0.5, 0.6) is 0 Å². The van der Waals surface area contributed by atoms with Gasteiger partial charge in [0.25, 0.3) is 0 Å². The summed E-state index contributed by atoms with van der Waals surface area (Å²) in [6.45, 7) is 17.3. The molecule has 0 aromatic rings. The minimum Gasteiger partial charge on any atom is -0.479 e. The van der Waals surface area contributed by atoms with E-state index in [1.54, 1.807) is 0 Å². The van der Waals surface area contributed by atoms with Crippen molar-refractivity contribution in [1.29, 1.82) is 0 Å². The number of allylic oxidation sites excluding steroid dienone is 2. The van der Waals surface area contributed by atoms with Crippen molar-refractivity contribution in [3.8, 4) is 0 Å². The highest BCUT2D eigenvalue weighted by Crippen LogP contribution is 2.76. The number of carboxylic acid groups (broad SMARTS) is 1. The van der Waals surface area contributed by atoms with E-state index in [1.165, 1.54) is 12.7 Å². The van der Waals surface area contributed by atoms with Crippen LogP contribution in [0, 0.1) is 50.2 Å². The molecule has 1 aliphatic heterocycles. The molecule has 5 N–H and O–H groups in total.